The van der Waals surface area contributed by atoms with Crippen LogP contribution in [0.2, 0.25) is 0 Å². The summed E-state index contributed by atoms with van der Waals surface area (Å²) in [7, 11) is 1.18. The van der Waals surface area contributed by atoms with Crippen molar-refractivity contribution in [2.75, 3.05) is 24.4 Å². The van der Waals surface area contributed by atoms with Gasteiger partial charge in [0.05, 0.1) is 25.0 Å². The third kappa shape index (κ3) is 5.15. The summed E-state index contributed by atoms with van der Waals surface area (Å²) in [5.41, 5.74) is 0.495. The van der Waals surface area contributed by atoms with Crippen LogP contribution in [0.4, 0.5) is 30.6 Å². The summed E-state index contributed by atoms with van der Waals surface area (Å²) in [5, 5.41) is 15.1. The van der Waals surface area contributed by atoms with Gasteiger partial charge in [-0.25, -0.2) is 4.98 Å². The quantitative estimate of drug-likeness (QED) is 0.531. The van der Waals surface area contributed by atoms with Crippen LogP contribution in [0.25, 0.3) is 11.3 Å². The van der Waals surface area contributed by atoms with Crippen LogP contribution < -0.4 is 15.4 Å². The smallest absolute Gasteiger partial charge is 0.420 e. The summed E-state index contributed by atoms with van der Waals surface area (Å²) in [6.07, 6.45) is -1.34. The van der Waals surface area contributed by atoms with Crippen LogP contribution in [0.15, 0.2) is 48.8 Å². The number of rotatable bonds is 7. The largest absolute Gasteiger partial charge is 0.496 e. The molecule has 10 heteroatoms. The van der Waals surface area contributed by atoms with Gasteiger partial charge in [-0.05, 0) is 37.3 Å². The standard InChI is InChI=1S/C20H20F3N5O2/c1-12(11-29)25-19-27-16(13-4-3-7-24-10-13)9-18(28-19)26-14-5-6-17(30-2)15(8-14)20(21,22)23/h3-10,12,29H,11H2,1-2H3,(H2,25,26,27,28)/t12-/m0/s1. The summed E-state index contributed by atoms with van der Waals surface area (Å²) >= 11 is 0. The summed E-state index contributed by atoms with van der Waals surface area (Å²) in [6.45, 7) is 1.60. The second-order valence-corrected chi connectivity index (χ2v) is 6.47. The molecule has 2 aromatic heterocycles. The molecule has 158 valence electrons. The number of nitrogens with zero attached hydrogens (tertiary/aromatic N) is 3. The van der Waals surface area contributed by atoms with E-state index in [1.54, 1.807) is 37.5 Å². The molecule has 0 unspecified atom stereocenters. The van der Waals surface area contributed by atoms with E-state index in [0.29, 0.717) is 11.3 Å². The molecule has 3 rings (SSSR count). The van der Waals surface area contributed by atoms with Crippen molar-refractivity contribution in [2.45, 2.75) is 19.1 Å². The fraction of sp³-hybridized carbons (Fsp3) is 0.250. The highest BCUT2D eigenvalue weighted by molar-refractivity contribution is 5.67. The van der Waals surface area contributed by atoms with Crippen LogP contribution in [0.3, 0.4) is 0 Å². The van der Waals surface area contributed by atoms with Gasteiger partial charge in [-0.1, -0.05) is 0 Å². The zero-order valence-corrected chi connectivity index (χ0v) is 16.2. The van der Waals surface area contributed by atoms with E-state index in [0.717, 1.165) is 6.07 Å². The van der Waals surface area contributed by atoms with Crippen molar-refractivity contribution in [1.29, 1.82) is 0 Å². The first-order chi connectivity index (χ1) is 14.3. The number of ether oxygens (including phenoxy) is 1. The molecule has 0 radical (unpaired) electrons. The third-order valence-electron chi connectivity index (χ3n) is 4.11. The number of hydrogen-bond donors (Lipinski definition) is 3. The molecule has 30 heavy (non-hydrogen) atoms. The zero-order valence-electron chi connectivity index (χ0n) is 16.2. The number of aromatic nitrogens is 3. The number of benzene rings is 1. The van der Waals surface area contributed by atoms with Crippen molar-refractivity contribution < 1.29 is 23.0 Å². The van der Waals surface area contributed by atoms with Gasteiger partial charge in [-0.3, -0.25) is 4.98 Å². The number of alkyl halides is 3. The molecule has 7 nitrogen and oxygen atoms in total. The maximum absolute atomic E-state index is 13.3. The first-order valence-corrected chi connectivity index (χ1v) is 8.99. The van der Waals surface area contributed by atoms with Crippen molar-refractivity contribution in [3.05, 3.63) is 54.4 Å². The fourth-order valence-electron chi connectivity index (χ4n) is 2.66. The maximum atomic E-state index is 13.3. The highest BCUT2D eigenvalue weighted by Crippen LogP contribution is 2.38. The molecule has 0 amide bonds. The normalized spacial score (nSPS) is 12.3. The Bertz CT molecular complexity index is 999. The molecule has 0 saturated carbocycles. The number of pyridine rings is 1. The SMILES string of the molecule is COc1ccc(Nc2cc(-c3cccnc3)nc(N[C@@H](C)CO)n2)cc1C(F)(F)F. The maximum Gasteiger partial charge on any atom is 0.420 e. The average molecular weight is 419 g/mol. The molecule has 3 N–H and O–H groups in total. The van der Waals surface area contributed by atoms with Gasteiger partial charge in [-0.15, -0.1) is 0 Å². The average Bonchev–Trinajstić information content (AvgIpc) is 2.73. The molecule has 0 aliphatic heterocycles. The van der Waals surface area contributed by atoms with E-state index in [2.05, 4.69) is 25.6 Å². The minimum absolute atomic E-state index is 0.142. The predicted molar refractivity (Wildman–Crippen MR) is 107 cm³/mol. The fourth-order valence-corrected chi connectivity index (χ4v) is 2.66. The summed E-state index contributed by atoms with van der Waals surface area (Å²) in [5.74, 6) is 0.214. The van der Waals surface area contributed by atoms with Gasteiger partial charge in [0.15, 0.2) is 0 Å². The van der Waals surface area contributed by atoms with Crippen LogP contribution >= 0.6 is 0 Å². The Labute approximate surface area is 171 Å². The number of aliphatic hydroxyl groups is 1. The van der Waals surface area contributed by atoms with Crippen molar-refractivity contribution in [1.82, 2.24) is 15.0 Å². The van der Waals surface area contributed by atoms with Gasteiger partial charge >= 0.3 is 6.18 Å². The van der Waals surface area contributed by atoms with E-state index in [9.17, 15) is 18.3 Å². The number of hydrogen-bond acceptors (Lipinski definition) is 7. The molecular formula is C20H20F3N5O2. The Kier molecular flexibility index (Phi) is 6.36. The second-order valence-electron chi connectivity index (χ2n) is 6.47. The highest BCUT2D eigenvalue weighted by Gasteiger charge is 2.34. The molecule has 3 aromatic rings. The van der Waals surface area contributed by atoms with E-state index in [1.165, 1.54) is 19.2 Å². The Hall–Kier alpha value is -3.40. The number of methoxy groups -OCH3 is 1. The van der Waals surface area contributed by atoms with E-state index in [1.807, 2.05) is 0 Å². The zero-order chi connectivity index (χ0) is 21.7. The predicted octanol–water partition coefficient (Wildman–Crippen LogP) is 4.10. The van der Waals surface area contributed by atoms with Crippen molar-refractivity contribution >= 4 is 17.5 Å². The number of nitrogens with one attached hydrogen (secondary N) is 2. The molecule has 0 spiro atoms. The Balaban J connectivity index is 2.00. The van der Waals surface area contributed by atoms with Gasteiger partial charge in [0.1, 0.15) is 11.6 Å². The van der Waals surface area contributed by atoms with E-state index < -0.39 is 11.7 Å². The molecule has 0 aliphatic rings. The lowest BCUT2D eigenvalue weighted by Gasteiger charge is -2.16. The summed E-state index contributed by atoms with van der Waals surface area (Å²) < 4.78 is 44.8. The third-order valence-corrected chi connectivity index (χ3v) is 4.11. The number of anilines is 3. The van der Waals surface area contributed by atoms with Crippen molar-refractivity contribution in [3.8, 4) is 17.0 Å². The number of aliphatic hydroxyl groups excluding tert-OH is 1. The molecule has 0 saturated heterocycles. The Morgan fingerprint density at radius 2 is 1.97 bits per heavy atom. The van der Waals surface area contributed by atoms with Gasteiger partial charge < -0.3 is 20.5 Å². The summed E-state index contributed by atoms with van der Waals surface area (Å²) in [4.78, 5) is 12.8. The van der Waals surface area contributed by atoms with Gasteiger partial charge in [0, 0.05) is 35.8 Å². The Morgan fingerprint density at radius 3 is 2.60 bits per heavy atom. The first kappa shape index (κ1) is 21.3. The van der Waals surface area contributed by atoms with E-state index >= 15 is 0 Å². The van der Waals surface area contributed by atoms with Crippen LogP contribution in [0.5, 0.6) is 5.75 Å². The highest BCUT2D eigenvalue weighted by atomic mass is 19.4. The van der Waals surface area contributed by atoms with Gasteiger partial charge in [-0.2, -0.15) is 18.2 Å². The molecule has 0 aliphatic carbocycles. The van der Waals surface area contributed by atoms with Crippen molar-refractivity contribution in [3.63, 3.8) is 0 Å². The molecular weight excluding hydrogens is 399 g/mol. The topological polar surface area (TPSA) is 92.2 Å². The number of halogens is 3. The second kappa shape index (κ2) is 8.95. The first-order valence-electron chi connectivity index (χ1n) is 8.99. The minimum atomic E-state index is -4.57. The van der Waals surface area contributed by atoms with Gasteiger partial charge in [0.2, 0.25) is 5.95 Å². The van der Waals surface area contributed by atoms with Crippen LogP contribution in [0, 0.1) is 0 Å². The van der Waals surface area contributed by atoms with Crippen LogP contribution in [-0.2, 0) is 6.18 Å². The summed E-state index contributed by atoms with van der Waals surface area (Å²) in [6, 6.07) is 8.47. The lowest BCUT2D eigenvalue weighted by atomic mass is 10.1. The molecule has 0 bridgehead atoms. The van der Waals surface area contributed by atoms with E-state index in [4.69, 9.17) is 4.74 Å². The van der Waals surface area contributed by atoms with Crippen LogP contribution in [-0.4, -0.2) is 39.8 Å². The monoisotopic (exact) mass is 419 g/mol. The van der Waals surface area contributed by atoms with Gasteiger partial charge in [0.25, 0.3) is 0 Å². The molecule has 0 fully saturated rings. The van der Waals surface area contributed by atoms with Crippen LogP contribution in [0.1, 0.15) is 12.5 Å². The van der Waals surface area contributed by atoms with E-state index in [-0.39, 0.29) is 35.9 Å². The van der Waals surface area contributed by atoms with Crippen molar-refractivity contribution in [2.24, 2.45) is 0 Å². The molecule has 1 atom stereocenters. The Morgan fingerprint density at radius 1 is 1.17 bits per heavy atom. The molecule has 1 aromatic carbocycles. The minimum Gasteiger partial charge on any atom is -0.496 e. The molecule has 2 heterocycles. The lowest BCUT2D eigenvalue weighted by Crippen LogP contribution is -2.21. The lowest BCUT2D eigenvalue weighted by molar-refractivity contribution is -0.138.